The number of methoxy groups -OCH3 is 1. The van der Waals surface area contributed by atoms with E-state index in [1.165, 1.54) is 7.11 Å². The summed E-state index contributed by atoms with van der Waals surface area (Å²) in [4.78, 5) is 22.6. The zero-order valence-corrected chi connectivity index (χ0v) is 10.4. The molecule has 1 amide bonds. The minimum absolute atomic E-state index is 0. The minimum atomic E-state index is -0.299. The van der Waals surface area contributed by atoms with Gasteiger partial charge in [-0.1, -0.05) is 0 Å². The molecule has 0 aromatic rings. The van der Waals surface area contributed by atoms with Crippen LogP contribution in [0.5, 0.6) is 0 Å². The molecule has 1 unspecified atom stereocenters. The molecule has 1 rings (SSSR count). The lowest BCUT2D eigenvalue weighted by atomic mass is 10.1. The summed E-state index contributed by atoms with van der Waals surface area (Å²) in [5.74, 6) is -0.228. The van der Waals surface area contributed by atoms with Crippen molar-refractivity contribution in [2.75, 3.05) is 20.2 Å². The van der Waals surface area contributed by atoms with Crippen LogP contribution in [0.1, 0.15) is 19.8 Å². The van der Waals surface area contributed by atoms with E-state index in [-0.39, 0.29) is 42.7 Å². The van der Waals surface area contributed by atoms with Crippen LogP contribution in [0, 0.1) is 5.92 Å². The largest absolute Gasteiger partial charge is 0.469 e. The molecule has 1 aliphatic heterocycles. The summed E-state index contributed by atoms with van der Waals surface area (Å²) in [5.41, 5.74) is 0. The average molecular weight is 251 g/mol. The van der Waals surface area contributed by atoms with Gasteiger partial charge in [-0.05, 0) is 19.9 Å². The molecule has 6 heteroatoms. The molecule has 0 spiro atoms. The van der Waals surface area contributed by atoms with Gasteiger partial charge in [0.15, 0.2) is 0 Å². The van der Waals surface area contributed by atoms with E-state index in [0.717, 1.165) is 19.5 Å². The molecule has 0 aromatic carbocycles. The van der Waals surface area contributed by atoms with E-state index in [1.807, 2.05) is 0 Å². The highest BCUT2D eigenvalue weighted by atomic mass is 35.5. The molecule has 1 fully saturated rings. The van der Waals surface area contributed by atoms with Crippen molar-refractivity contribution >= 4 is 24.3 Å². The summed E-state index contributed by atoms with van der Waals surface area (Å²) in [5, 5.41) is 5.93. The minimum Gasteiger partial charge on any atom is -0.469 e. The van der Waals surface area contributed by atoms with Crippen molar-refractivity contribution in [3.63, 3.8) is 0 Å². The summed E-state index contributed by atoms with van der Waals surface area (Å²) in [6.45, 7) is 3.43. The Morgan fingerprint density at radius 2 is 2.25 bits per heavy atom. The highest BCUT2D eigenvalue weighted by molar-refractivity contribution is 5.85. The van der Waals surface area contributed by atoms with Gasteiger partial charge in [0.25, 0.3) is 0 Å². The van der Waals surface area contributed by atoms with Crippen LogP contribution in [0.25, 0.3) is 0 Å². The Labute approximate surface area is 102 Å². The average Bonchev–Trinajstić information content (AvgIpc) is 2.70. The molecule has 16 heavy (non-hydrogen) atoms. The van der Waals surface area contributed by atoms with Gasteiger partial charge in [-0.15, -0.1) is 12.4 Å². The molecule has 1 saturated heterocycles. The van der Waals surface area contributed by atoms with E-state index in [4.69, 9.17) is 0 Å². The van der Waals surface area contributed by atoms with Crippen LogP contribution >= 0.6 is 12.4 Å². The van der Waals surface area contributed by atoms with Gasteiger partial charge in [0.2, 0.25) is 5.91 Å². The highest BCUT2D eigenvalue weighted by Crippen LogP contribution is 2.08. The van der Waals surface area contributed by atoms with E-state index in [9.17, 15) is 9.59 Å². The lowest BCUT2D eigenvalue weighted by Crippen LogP contribution is -2.39. The maximum absolute atomic E-state index is 11.6. The lowest BCUT2D eigenvalue weighted by Gasteiger charge is -2.15. The van der Waals surface area contributed by atoms with Crippen molar-refractivity contribution in [3.8, 4) is 0 Å². The van der Waals surface area contributed by atoms with Crippen LogP contribution in [0.4, 0.5) is 0 Å². The second-order valence-electron chi connectivity index (χ2n) is 3.88. The number of carbonyl (C=O) groups excluding carboxylic acids is 2. The van der Waals surface area contributed by atoms with Crippen LogP contribution in [0.3, 0.4) is 0 Å². The molecule has 0 bridgehead atoms. The molecule has 2 atom stereocenters. The van der Waals surface area contributed by atoms with E-state index in [1.54, 1.807) is 6.92 Å². The highest BCUT2D eigenvalue weighted by Gasteiger charge is 2.23. The van der Waals surface area contributed by atoms with Crippen LogP contribution in [0.15, 0.2) is 0 Å². The Kier molecular flexibility index (Phi) is 7.08. The molecule has 5 nitrogen and oxygen atoms in total. The van der Waals surface area contributed by atoms with E-state index in [0.29, 0.717) is 0 Å². The van der Waals surface area contributed by atoms with Crippen LogP contribution in [0.2, 0.25) is 0 Å². The third kappa shape index (κ3) is 4.81. The summed E-state index contributed by atoms with van der Waals surface area (Å²) in [6, 6.07) is -0.162. The summed E-state index contributed by atoms with van der Waals surface area (Å²) in [7, 11) is 1.35. The van der Waals surface area contributed by atoms with Crippen LogP contribution in [-0.2, 0) is 14.3 Å². The first-order chi connectivity index (χ1) is 7.13. The molecule has 94 valence electrons. The predicted octanol–water partition coefficient (Wildman–Crippen LogP) is 0.0855. The Morgan fingerprint density at radius 3 is 2.75 bits per heavy atom. The maximum atomic E-state index is 11.6. The van der Waals surface area contributed by atoms with Gasteiger partial charge in [0.05, 0.1) is 19.4 Å². The molecule has 2 N–H and O–H groups in total. The third-order valence-electron chi connectivity index (χ3n) is 2.52. The number of rotatable bonds is 4. The first kappa shape index (κ1) is 15.2. The van der Waals surface area contributed by atoms with Gasteiger partial charge < -0.3 is 15.4 Å². The van der Waals surface area contributed by atoms with Crippen molar-refractivity contribution in [2.45, 2.75) is 25.8 Å². The van der Waals surface area contributed by atoms with Crippen molar-refractivity contribution in [2.24, 2.45) is 5.92 Å². The van der Waals surface area contributed by atoms with E-state index < -0.39 is 0 Å². The van der Waals surface area contributed by atoms with Crippen molar-refractivity contribution < 1.29 is 14.3 Å². The fraction of sp³-hybridized carbons (Fsp3) is 0.800. The SMILES string of the molecule is COC(=O)CC(C)NC(=O)[C@@H]1CCNC1.Cl. The standard InChI is InChI=1S/C10H18N2O3.ClH/c1-7(5-9(13)15-2)12-10(14)8-3-4-11-6-8;/h7-8,11H,3-6H2,1-2H3,(H,12,14);1H/t7?,8-;/m1./s1. The van der Waals surface area contributed by atoms with Gasteiger partial charge >= 0.3 is 5.97 Å². The summed E-state index contributed by atoms with van der Waals surface area (Å²) >= 11 is 0. The topological polar surface area (TPSA) is 67.4 Å². The number of ether oxygens (including phenoxy) is 1. The molecular formula is C10H19ClN2O3. The van der Waals surface area contributed by atoms with E-state index in [2.05, 4.69) is 15.4 Å². The monoisotopic (exact) mass is 250 g/mol. The quantitative estimate of drug-likeness (QED) is 0.694. The molecule has 0 aliphatic carbocycles. The van der Waals surface area contributed by atoms with Gasteiger partial charge in [-0.3, -0.25) is 9.59 Å². The zero-order valence-electron chi connectivity index (χ0n) is 9.62. The Balaban J connectivity index is 0.00000225. The van der Waals surface area contributed by atoms with Gasteiger partial charge in [-0.2, -0.15) is 0 Å². The van der Waals surface area contributed by atoms with Gasteiger partial charge in [0, 0.05) is 12.6 Å². The van der Waals surface area contributed by atoms with Crippen LogP contribution < -0.4 is 10.6 Å². The molecule has 0 radical (unpaired) electrons. The molecule has 0 aromatic heterocycles. The number of hydrogen-bond acceptors (Lipinski definition) is 4. The van der Waals surface area contributed by atoms with Crippen molar-refractivity contribution in [3.05, 3.63) is 0 Å². The number of amides is 1. The smallest absolute Gasteiger partial charge is 0.307 e. The van der Waals surface area contributed by atoms with Gasteiger partial charge in [0.1, 0.15) is 0 Å². The first-order valence-corrected chi connectivity index (χ1v) is 5.21. The number of carbonyl (C=O) groups is 2. The van der Waals surface area contributed by atoms with Crippen molar-refractivity contribution in [1.82, 2.24) is 10.6 Å². The summed E-state index contributed by atoms with van der Waals surface area (Å²) in [6.07, 6.45) is 1.10. The Morgan fingerprint density at radius 1 is 1.56 bits per heavy atom. The number of nitrogens with one attached hydrogen (secondary N) is 2. The second-order valence-corrected chi connectivity index (χ2v) is 3.88. The third-order valence-corrected chi connectivity index (χ3v) is 2.52. The Hall–Kier alpha value is -0.810. The zero-order chi connectivity index (χ0) is 11.3. The van der Waals surface area contributed by atoms with Gasteiger partial charge in [-0.25, -0.2) is 0 Å². The Bertz CT molecular complexity index is 242. The van der Waals surface area contributed by atoms with Crippen molar-refractivity contribution in [1.29, 1.82) is 0 Å². The molecule has 1 heterocycles. The molecular weight excluding hydrogens is 232 g/mol. The normalized spacial score (nSPS) is 20.8. The fourth-order valence-corrected chi connectivity index (χ4v) is 1.62. The number of halogens is 1. The maximum Gasteiger partial charge on any atom is 0.307 e. The molecule has 1 aliphatic rings. The fourth-order valence-electron chi connectivity index (χ4n) is 1.62. The molecule has 0 saturated carbocycles. The first-order valence-electron chi connectivity index (χ1n) is 5.21. The van der Waals surface area contributed by atoms with Crippen LogP contribution in [-0.4, -0.2) is 38.1 Å². The number of hydrogen-bond donors (Lipinski definition) is 2. The lowest BCUT2D eigenvalue weighted by molar-refractivity contribution is -0.141. The number of esters is 1. The predicted molar refractivity (Wildman–Crippen MR) is 62.5 cm³/mol. The second kappa shape index (κ2) is 7.46. The summed E-state index contributed by atoms with van der Waals surface area (Å²) < 4.78 is 4.53. The van der Waals surface area contributed by atoms with E-state index >= 15 is 0 Å².